The molecule has 1 N–H and O–H groups in total. The monoisotopic (exact) mass is 469 g/mol. The predicted molar refractivity (Wildman–Crippen MR) is 127 cm³/mol. The first-order valence-electron chi connectivity index (χ1n) is 11.2. The molecule has 0 spiro atoms. The van der Waals surface area contributed by atoms with E-state index in [-0.39, 0.29) is 11.3 Å². The fourth-order valence-electron chi connectivity index (χ4n) is 3.94. The minimum atomic E-state index is -0.745. The van der Waals surface area contributed by atoms with Gasteiger partial charge in [0.1, 0.15) is 11.5 Å². The van der Waals surface area contributed by atoms with Crippen LogP contribution in [-0.4, -0.2) is 62.8 Å². The van der Waals surface area contributed by atoms with Gasteiger partial charge >= 0.3 is 0 Å². The highest BCUT2D eigenvalue weighted by atomic mass is 16.5. The normalized spacial score (nSPS) is 17.2. The minimum Gasteiger partial charge on any atom is -0.507 e. The summed E-state index contributed by atoms with van der Waals surface area (Å²) < 4.78 is 21.4. The van der Waals surface area contributed by atoms with E-state index in [1.807, 2.05) is 19.1 Å². The van der Waals surface area contributed by atoms with Gasteiger partial charge in [0.05, 0.1) is 32.4 Å². The van der Waals surface area contributed by atoms with Crippen LogP contribution in [0.25, 0.3) is 5.76 Å². The van der Waals surface area contributed by atoms with Crippen molar-refractivity contribution in [1.82, 2.24) is 4.90 Å². The number of carbonyl (C=O) groups excluding carboxylic acids is 2. The van der Waals surface area contributed by atoms with Crippen LogP contribution in [0.15, 0.2) is 48.0 Å². The van der Waals surface area contributed by atoms with E-state index >= 15 is 0 Å². The van der Waals surface area contributed by atoms with Crippen LogP contribution >= 0.6 is 0 Å². The molecule has 182 valence electrons. The number of hydrogen-bond donors (Lipinski definition) is 1. The van der Waals surface area contributed by atoms with Crippen LogP contribution in [0.4, 0.5) is 0 Å². The Labute approximate surface area is 199 Å². The van der Waals surface area contributed by atoms with E-state index in [9.17, 15) is 14.7 Å². The van der Waals surface area contributed by atoms with Crippen molar-refractivity contribution in [1.29, 1.82) is 0 Å². The van der Waals surface area contributed by atoms with Crippen LogP contribution < -0.4 is 14.2 Å². The summed E-state index contributed by atoms with van der Waals surface area (Å²) in [5.41, 5.74) is 1.07. The quantitative estimate of drug-likeness (QED) is 0.230. The zero-order valence-electron chi connectivity index (χ0n) is 20.0. The number of Topliss-reactive ketones (excluding diaryl/α,β-unsaturated/α-hetero) is 1. The third-order valence-corrected chi connectivity index (χ3v) is 5.61. The van der Waals surface area contributed by atoms with Crippen molar-refractivity contribution in [2.75, 3.05) is 41.1 Å². The highest BCUT2D eigenvalue weighted by Gasteiger charge is 2.45. The van der Waals surface area contributed by atoms with E-state index in [4.69, 9.17) is 18.9 Å². The first-order chi connectivity index (χ1) is 16.5. The van der Waals surface area contributed by atoms with Gasteiger partial charge in [0.25, 0.3) is 11.7 Å². The van der Waals surface area contributed by atoms with Gasteiger partial charge in [-0.15, -0.1) is 0 Å². The van der Waals surface area contributed by atoms with Crippen molar-refractivity contribution < 1.29 is 33.6 Å². The molecule has 1 heterocycles. The molecule has 2 aromatic carbocycles. The lowest BCUT2D eigenvalue weighted by Crippen LogP contribution is -2.31. The largest absolute Gasteiger partial charge is 0.507 e. The van der Waals surface area contributed by atoms with Crippen molar-refractivity contribution >= 4 is 17.4 Å². The van der Waals surface area contributed by atoms with Crippen molar-refractivity contribution in [3.63, 3.8) is 0 Å². The topological polar surface area (TPSA) is 94.5 Å². The number of ketones is 1. The first kappa shape index (κ1) is 25.1. The smallest absolute Gasteiger partial charge is 0.295 e. The summed E-state index contributed by atoms with van der Waals surface area (Å²) in [6.45, 7) is 3.36. The Hall–Kier alpha value is -3.52. The molecule has 1 aliphatic rings. The zero-order chi connectivity index (χ0) is 24.7. The van der Waals surface area contributed by atoms with Crippen molar-refractivity contribution in [2.45, 2.75) is 25.8 Å². The highest BCUT2D eigenvalue weighted by molar-refractivity contribution is 6.46. The molecule has 0 radical (unpaired) electrons. The molecule has 0 aliphatic carbocycles. The first-order valence-corrected chi connectivity index (χ1v) is 11.2. The summed E-state index contributed by atoms with van der Waals surface area (Å²) in [5, 5.41) is 11.2. The molecule has 1 aliphatic heterocycles. The lowest BCUT2D eigenvalue weighted by atomic mass is 9.95. The van der Waals surface area contributed by atoms with Crippen molar-refractivity contribution in [2.24, 2.45) is 0 Å². The number of hydrogen-bond acceptors (Lipinski definition) is 7. The molecule has 8 nitrogen and oxygen atoms in total. The van der Waals surface area contributed by atoms with E-state index in [0.29, 0.717) is 54.6 Å². The molecule has 1 atom stereocenters. The van der Waals surface area contributed by atoms with Crippen LogP contribution in [0.2, 0.25) is 0 Å². The number of amides is 1. The molecule has 3 rings (SSSR count). The fraction of sp³-hybridized carbons (Fsp3) is 0.385. The molecule has 8 heteroatoms. The second-order valence-corrected chi connectivity index (χ2v) is 7.83. The number of methoxy groups -OCH3 is 3. The van der Waals surface area contributed by atoms with Crippen LogP contribution in [0, 0.1) is 0 Å². The fourth-order valence-corrected chi connectivity index (χ4v) is 3.94. The van der Waals surface area contributed by atoms with Gasteiger partial charge in [0, 0.05) is 25.8 Å². The van der Waals surface area contributed by atoms with Crippen LogP contribution in [0.5, 0.6) is 17.2 Å². The molecule has 1 unspecified atom stereocenters. The maximum atomic E-state index is 13.1. The van der Waals surface area contributed by atoms with Gasteiger partial charge in [0.2, 0.25) is 0 Å². The maximum Gasteiger partial charge on any atom is 0.295 e. The molecule has 2 aromatic rings. The van der Waals surface area contributed by atoms with Gasteiger partial charge in [-0.1, -0.05) is 19.1 Å². The highest BCUT2D eigenvalue weighted by Crippen LogP contribution is 2.41. The van der Waals surface area contributed by atoms with Gasteiger partial charge in [-0.3, -0.25) is 9.59 Å². The second-order valence-electron chi connectivity index (χ2n) is 7.83. The maximum absolute atomic E-state index is 13.1. The third-order valence-electron chi connectivity index (χ3n) is 5.61. The van der Waals surface area contributed by atoms with Crippen LogP contribution in [-0.2, 0) is 14.3 Å². The van der Waals surface area contributed by atoms with E-state index in [2.05, 4.69) is 0 Å². The summed E-state index contributed by atoms with van der Waals surface area (Å²) in [4.78, 5) is 27.6. The Bertz CT molecular complexity index is 1050. The zero-order valence-corrected chi connectivity index (χ0v) is 20.0. The molecule has 0 bridgehead atoms. The second kappa shape index (κ2) is 11.6. The number of carbonyl (C=O) groups is 2. The summed E-state index contributed by atoms with van der Waals surface area (Å²) in [7, 11) is 4.58. The Morgan fingerprint density at radius 1 is 0.971 bits per heavy atom. The average Bonchev–Trinajstić information content (AvgIpc) is 3.12. The lowest BCUT2D eigenvalue weighted by molar-refractivity contribution is -0.140. The lowest BCUT2D eigenvalue weighted by Gasteiger charge is -2.25. The van der Waals surface area contributed by atoms with Crippen LogP contribution in [0.3, 0.4) is 0 Å². The number of benzene rings is 2. The SMILES string of the molecule is CCCOc1ccc(C2/C(=C(/O)c3ccc(OC)c(OC)c3)C(=O)C(=O)N2CCCOC)cc1. The van der Waals surface area contributed by atoms with E-state index in [0.717, 1.165) is 6.42 Å². The Morgan fingerprint density at radius 2 is 1.68 bits per heavy atom. The van der Waals surface area contributed by atoms with Crippen molar-refractivity contribution in [3.05, 3.63) is 59.2 Å². The van der Waals surface area contributed by atoms with Gasteiger partial charge < -0.3 is 29.0 Å². The summed E-state index contributed by atoms with van der Waals surface area (Å²) in [5.74, 6) is -0.0877. The average molecular weight is 470 g/mol. The molecule has 0 saturated carbocycles. The Balaban J connectivity index is 2.08. The van der Waals surface area contributed by atoms with Gasteiger partial charge in [-0.25, -0.2) is 0 Å². The molecular formula is C26H31NO7. The number of aliphatic hydroxyl groups excluding tert-OH is 1. The summed E-state index contributed by atoms with van der Waals surface area (Å²) in [6.07, 6.45) is 1.43. The van der Waals surface area contributed by atoms with Crippen LogP contribution in [0.1, 0.15) is 36.9 Å². The molecular weight excluding hydrogens is 438 g/mol. The number of likely N-dealkylation sites (tertiary alicyclic amines) is 1. The van der Waals surface area contributed by atoms with E-state index in [1.54, 1.807) is 37.4 Å². The number of rotatable bonds is 11. The number of nitrogens with zero attached hydrogens (tertiary/aromatic N) is 1. The third kappa shape index (κ3) is 5.17. The summed E-state index contributed by atoms with van der Waals surface area (Å²) in [6, 6.07) is 11.3. The van der Waals surface area contributed by atoms with Crippen molar-refractivity contribution in [3.8, 4) is 17.2 Å². The Kier molecular flexibility index (Phi) is 8.54. The number of ether oxygens (including phenoxy) is 4. The van der Waals surface area contributed by atoms with E-state index in [1.165, 1.54) is 19.1 Å². The molecule has 1 fully saturated rings. The molecule has 1 amide bonds. The standard InChI is InChI=1S/C26H31NO7/c1-5-14-34-19-10-7-17(8-11-19)23-22(25(29)26(30)27(23)13-6-15-31-2)24(28)18-9-12-20(32-3)21(16-18)33-4/h7-12,16,23,28H,5-6,13-15H2,1-4H3/b24-22-. The summed E-state index contributed by atoms with van der Waals surface area (Å²) >= 11 is 0. The van der Waals surface area contributed by atoms with Gasteiger partial charge in [-0.05, 0) is 48.7 Å². The predicted octanol–water partition coefficient (Wildman–Crippen LogP) is 3.95. The van der Waals surface area contributed by atoms with E-state index < -0.39 is 17.7 Å². The van der Waals surface area contributed by atoms with Gasteiger partial charge in [-0.2, -0.15) is 0 Å². The number of aliphatic hydroxyl groups is 1. The molecule has 0 aromatic heterocycles. The minimum absolute atomic E-state index is 0.0249. The van der Waals surface area contributed by atoms with Gasteiger partial charge in [0.15, 0.2) is 11.5 Å². The molecule has 34 heavy (non-hydrogen) atoms. The Morgan fingerprint density at radius 3 is 2.29 bits per heavy atom. The molecule has 1 saturated heterocycles.